The van der Waals surface area contributed by atoms with Crippen molar-refractivity contribution in [3.8, 4) is 0 Å². The van der Waals surface area contributed by atoms with Crippen LogP contribution >= 0.6 is 11.9 Å². The quantitative estimate of drug-likeness (QED) is 0.256. The molecule has 2 aromatic heterocycles. The van der Waals surface area contributed by atoms with Gasteiger partial charge in [-0.2, -0.15) is 17.6 Å². The largest absolute Gasteiger partial charge is 0.489 e. The van der Waals surface area contributed by atoms with E-state index in [0.717, 1.165) is 18.0 Å². The molecule has 4 nitrogen and oxygen atoms in total. The molecular weight excluding hydrogens is 406 g/mol. The molecule has 0 fully saturated rings. The van der Waals surface area contributed by atoms with Crippen LogP contribution in [0.3, 0.4) is 0 Å². The summed E-state index contributed by atoms with van der Waals surface area (Å²) in [7, 11) is 0. The summed E-state index contributed by atoms with van der Waals surface area (Å²) >= 11 is 0.948. The number of pyridine rings is 2. The summed E-state index contributed by atoms with van der Waals surface area (Å²) < 4.78 is 62.3. The first-order valence-electron chi connectivity index (χ1n) is 8.67. The van der Waals surface area contributed by atoms with Crippen molar-refractivity contribution in [2.45, 2.75) is 24.0 Å². The van der Waals surface area contributed by atoms with Crippen molar-refractivity contribution in [3.63, 3.8) is 0 Å². The first-order valence-corrected chi connectivity index (χ1v) is 9.48. The second-order valence-corrected chi connectivity index (χ2v) is 6.78. The van der Waals surface area contributed by atoms with Gasteiger partial charge < -0.3 is 9.46 Å². The number of allylic oxidation sites excluding steroid dienone is 3. The van der Waals surface area contributed by atoms with Gasteiger partial charge in [0, 0.05) is 17.5 Å². The number of anilines is 1. The van der Waals surface area contributed by atoms with Crippen LogP contribution in [0, 0.1) is 5.95 Å². The fourth-order valence-corrected chi connectivity index (χ4v) is 3.25. The van der Waals surface area contributed by atoms with Gasteiger partial charge in [-0.15, -0.1) is 0 Å². The fraction of sp³-hybridized carbons (Fsp3) is 0.200. The lowest BCUT2D eigenvalue weighted by atomic mass is 9.98. The Morgan fingerprint density at radius 1 is 1.14 bits per heavy atom. The molecule has 1 aliphatic carbocycles. The predicted molar refractivity (Wildman–Crippen MR) is 104 cm³/mol. The molecule has 3 rings (SSSR count). The van der Waals surface area contributed by atoms with E-state index >= 15 is 0 Å². The smallest absolute Gasteiger partial charge is 0.418 e. The summed E-state index contributed by atoms with van der Waals surface area (Å²) in [5.41, 5.74) is -0.813. The highest BCUT2D eigenvalue weighted by Gasteiger charge is 2.36. The second-order valence-electron chi connectivity index (χ2n) is 5.96. The van der Waals surface area contributed by atoms with Crippen molar-refractivity contribution in [1.82, 2.24) is 9.97 Å². The van der Waals surface area contributed by atoms with E-state index in [4.69, 9.17) is 4.74 Å². The van der Waals surface area contributed by atoms with Crippen LogP contribution in [-0.4, -0.2) is 16.6 Å². The Hall–Kier alpha value is -2.81. The average molecular weight is 423 g/mol. The zero-order valence-corrected chi connectivity index (χ0v) is 16.0. The van der Waals surface area contributed by atoms with E-state index in [1.807, 2.05) is 0 Å². The molecular formula is C20H17F4N3OS. The summed E-state index contributed by atoms with van der Waals surface area (Å²) in [6.07, 6.45) is 1.60. The highest BCUT2D eigenvalue weighted by molar-refractivity contribution is 8.00. The lowest BCUT2D eigenvalue weighted by Crippen LogP contribution is -2.13. The SMILES string of the molecule is C=CCOC1=CCCC=C1c1nc(NSc2cccc(F)n2)ccc1C(F)(F)F. The molecule has 0 saturated carbocycles. The predicted octanol–water partition coefficient (Wildman–Crippen LogP) is 6.02. The van der Waals surface area contributed by atoms with Crippen LogP contribution in [0.4, 0.5) is 23.4 Å². The van der Waals surface area contributed by atoms with Gasteiger partial charge in [-0.1, -0.05) is 24.8 Å². The van der Waals surface area contributed by atoms with Crippen LogP contribution in [0.1, 0.15) is 24.1 Å². The fourth-order valence-electron chi connectivity index (χ4n) is 2.65. The number of hydrogen-bond donors (Lipinski definition) is 1. The minimum absolute atomic E-state index is 0.170. The Balaban J connectivity index is 1.93. The molecule has 1 N–H and O–H groups in total. The van der Waals surface area contributed by atoms with Crippen LogP contribution in [0.2, 0.25) is 0 Å². The monoisotopic (exact) mass is 423 g/mol. The molecule has 1 aliphatic rings. The zero-order chi connectivity index (χ0) is 20.9. The molecule has 0 amide bonds. The number of nitrogens with one attached hydrogen (secondary N) is 1. The van der Waals surface area contributed by atoms with Gasteiger partial charge in [0.2, 0.25) is 5.95 Å². The molecule has 0 radical (unpaired) electrons. The molecule has 0 unspecified atom stereocenters. The molecule has 0 bridgehead atoms. The van der Waals surface area contributed by atoms with Crippen molar-refractivity contribution >= 4 is 23.3 Å². The van der Waals surface area contributed by atoms with Crippen molar-refractivity contribution in [1.29, 1.82) is 0 Å². The topological polar surface area (TPSA) is 47.0 Å². The van der Waals surface area contributed by atoms with Crippen molar-refractivity contribution in [3.05, 3.63) is 78.1 Å². The molecule has 29 heavy (non-hydrogen) atoms. The average Bonchev–Trinajstić information content (AvgIpc) is 2.70. The maximum atomic E-state index is 13.6. The summed E-state index contributed by atoms with van der Waals surface area (Å²) in [5, 5.41) is 0.319. The minimum Gasteiger partial charge on any atom is -0.489 e. The van der Waals surface area contributed by atoms with Gasteiger partial charge in [-0.05, 0) is 43.2 Å². The third kappa shape index (κ3) is 5.38. The molecule has 0 spiro atoms. The maximum Gasteiger partial charge on any atom is 0.418 e. The maximum absolute atomic E-state index is 13.6. The van der Waals surface area contributed by atoms with E-state index in [9.17, 15) is 17.6 Å². The highest BCUT2D eigenvalue weighted by atomic mass is 32.2. The minimum atomic E-state index is -4.58. The summed E-state index contributed by atoms with van der Waals surface area (Å²) in [6.45, 7) is 3.73. The van der Waals surface area contributed by atoms with E-state index in [2.05, 4.69) is 21.3 Å². The third-order valence-electron chi connectivity index (χ3n) is 3.87. The summed E-state index contributed by atoms with van der Waals surface area (Å²) in [4.78, 5) is 7.85. The van der Waals surface area contributed by atoms with Crippen LogP contribution in [-0.2, 0) is 10.9 Å². The number of halogens is 4. The number of rotatable bonds is 7. The molecule has 0 aromatic carbocycles. The molecule has 0 atom stereocenters. The van der Waals surface area contributed by atoms with Crippen molar-refractivity contribution in [2.75, 3.05) is 11.3 Å². The number of nitrogens with zero attached hydrogens (tertiary/aromatic N) is 2. The highest BCUT2D eigenvalue weighted by Crippen LogP contribution is 2.39. The van der Waals surface area contributed by atoms with Crippen LogP contribution in [0.5, 0.6) is 0 Å². The van der Waals surface area contributed by atoms with Crippen LogP contribution < -0.4 is 4.72 Å². The van der Waals surface area contributed by atoms with E-state index in [0.29, 0.717) is 23.6 Å². The molecule has 152 valence electrons. The van der Waals surface area contributed by atoms with E-state index in [-0.39, 0.29) is 23.7 Å². The summed E-state index contributed by atoms with van der Waals surface area (Å²) in [6, 6.07) is 6.43. The Labute approximate surface area is 169 Å². The van der Waals surface area contributed by atoms with Crippen molar-refractivity contribution in [2.24, 2.45) is 0 Å². The third-order valence-corrected chi connectivity index (χ3v) is 4.62. The van der Waals surface area contributed by atoms with Gasteiger partial charge in [-0.3, -0.25) is 0 Å². The van der Waals surface area contributed by atoms with Gasteiger partial charge in [0.05, 0.1) is 11.3 Å². The van der Waals surface area contributed by atoms with Crippen LogP contribution in [0.15, 0.2) is 65.9 Å². The van der Waals surface area contributed by atoms with E-state index in [1.165, 1.54) is 24.3 Å². The second kappa shape index (κ2) is 9.13. The first kappa shape index (κ1) is 20.9. The molecule has 0 saturated heterocycles. The molecule has 2 aromatic rings. The van der Waals surface area contributed by atoms with E-state index < -0.39 is 17.7 Å². The molecule has 2 heterocycles. The first-order chi connectivity index (χ1) is 13.9. The number of aromatic nitrogens is 2. The summed E-state index contributed by atoms with van der Waals surface area (Å²) in [5.74, 6) is -0.135. The van der Waals surface area contributed by atoms with Gasteiger partial charge >= 0.3 is 6.18 Å². The zero-order valence-electron chi connectivity index (χ0n) is 15.2. The standard InChI is InChI=1S/C20H17F4N3OS/c1-2-12-28-15-7-4-3-6-13(15)19-14(20(22,23)24)10-11-17(26-19)27-29-18-9-5-8-16(21)25-18/h2,5-11H,1,3-4,12H2,(H,26,27). The number of hydrogen-bond acceptors (Lipinski definition) is 5. The number of ether oxygens (including phenoxy) is 1. The number of alkyl halides is 3. The normalized spacial score (nSPS) is 14.1. The molecule has 9 heteroatoms. The van der Waals surface area contributed by atoms with Gasteiger partial charge in [0.25, 0.3) is 0 Å². The Bertz CT molecular complexity index is 957. The Kier molecular flexibility index (Phi) is 6.58. The Morgan fingerprint density at radius 3 is 2.66 bits per heavy atom. The van der Waals surface area contributed by atoms with Gasteiger partial charge in [0.1, 0.15) is 23.2 Å². The van der Waals surface area contributed by atoms with Gasteiger partial charge in [0.15, 0.2) is 0 Å². The van der Waals surface area contributed by atoms with Gasteiger partial charge in [-0.25, -0.2) is 9.97 Å². The lowest BCUT2D eigenvalue weighted by molar-refractivity contribution is -0.138. The Morgan fingerprint density at radius 2 is 1.93 bits per heavy atom. The molecule has 0 aliphatic heterocycles. The van der Waals surface area contributed by atoms with E-state index in [1.54, 1.807) is 18.2 Å². The van der Waals surface area contributed by atoms with Crippen molar-refractivity contribution < 1.29 is 22.3 Å². The lowest BCUT2D eigenvalue weighted by Gasteiger charge is -2.20. The van der Waals surface area contributed by atoms with Crippen LogP contribution in [0.25, 0.3) is 5.57 Å².